The number of hydrogen-bond donors (Lipinski definition) is 1. The third-order valence-corrected chi connectivity index (χ3v) is 3.71. The monoisotopic (exact) mass is 250 g/mol. The molecule has 1 aliphatic carbocycles. The van der Waals surface area contributed by atoms with Gasteiger partial charge in [-0.25, -0.2) is 0 Å². The summed E-state index contributed by atoms with van der Waals surface area (Å²) in [5.41, 5.74) is 2.48. The van der Waals surface area contributed by atoms with Crippen LogP contribution in [0.4, 0.5) is 5.82 Å². The molecule has 1 saturated carbocycles. The van der Waals surface area contributed by atoms with E-state index in [0.29, 0.717) is 6.04 Å². The highest BCUT2D eigenvalue weighted by Crippen LogP contribution is 2.34. The molecular weight excluding hydrogens is 224 g/mol. The van der Waals surface area contributed by atoms with Gasteiger partial charge in [-0.05, 0) is 46.6 Å². The summed E-state index contributed by atoms with van der Waals surface area (Å²) in [6, 6.07) is 0.524. The van der Waals surface area contributed by atoms with E-state index in [4.69, 9.17) is 0 Å². The molecule has 1 aliphatic rings. The fourth-order valence-electron chi connectivity index (χ4n) is 2.55. The molecule has 18 heavy (non-hydrogen) atoms. The van der Waals surface area contributed by atoms with Gasteiger partial charge in [0.1, 0.15) is 5.82 Å². The van der Waals surface area contributed by atoms with E-state index in [-0.39, 0.29) is 0 Å². The van der Waals surface area contributed by atoms with Crippen molar-refractivity contribution in [2.45, 2.75) is 46.2 Å². The van der Waals surface area contributed by atoms with E-state index in [1.165, 1.54) is 30.8 Å². The van der Waals surface area contributed by atoms with Crippen LogP contribution in [-0.4, -0.2) is 29.4 Å². The Morgan fingerprint density at radius 2 is 2.11 bits per heavy atom. The number of hydrogen-bond acceptors (Lipinski definition) is 3. The topological polar surface area (TPSA) is 33.1 Å². The second-order valence-corrected chi connectivity index (χ2v) is 5.73. The second-order valence-electron chi connectivity index (χ2n) is 5.73. The largest absolute Gasteiger partial charge is 0.354 e. The summed E-state index contributed by atoms with van der Waals surface area (Å²) in [7, 11) is 4.06. The Kier molecular flexibility index (Phi) is 3.95. The van der Waals surface area contributed by atoms with Crippen LogP contribution in [0.25, 0.3) is 0 Å². The maximum Gasteiger partial charge on any atom is 0.131 e. The summed E-state index contributed by atoms with van der Waals surface area (Å²) in [4.78, 5) is 2.52. The molecule has 4 heteroatoms. The van der Waals surface area contributed by atoms with Crippen LogP contribution in [0.5, 0.6) is 0 Å². The molecule has 0 aromatic carbocycles. The number of nitrogens with zero attached hydrogens (tertiary/aromatic N) is 3. The van der Waals surface area contributed by atoms with Crippen molar-refractivity contribution in [1.29, 1.82) is 0 Å². The molecule has 0 atom stereocenters. The lowest BCUT2D eigenvalue weighted by Crippen LogP contribution is -2.35. The first-order chi connectivity index (χ1) is 8.54. The molecule has 102 valence electrons. The highest BCUT2D eigenvalue weighted by Gasteiger charge is 2.28. The Morgan fingerprint density at radius 1 is 1.44 bits per heavy atom. The van der Waals surface area contributed by atoms with Gasteiger partial charge in [0.05, 0.1) is 5.69 Å². The minimum atomic E-state index is 0.524. The van der Waals surface area contributed by atoms with E-state index in [2.05, 4.69) is 43.1 Å². The standard InChI is InChI=1S/C14H26N4/c1-10(2)18(9-12-6-7-12)14-13(8-15-4)11(3)16-17(14)5/h10,12,15H,6-9H2,1-5H3. The molecule has 1 N–H and O–H groups in total. The molecular formula is C14H26N4. The van der Waals surface area contributed by atoms with E-state index >= 15 is 0 Å². The predicted molar refractivity (Wildman–Crippen MR) is 75.9 cm³/mol. The number of anilines is 1. The Labute approximate surface area is 110 Å². The summed E-state index contributed by atoms with van der Waals surface area (Å²) >= 11 is 0. The fraction of sp³-hybridized carbons (Fsp3) is 0.786. The number of aryl methyl sites for hydroxylation is 2. The lowest BCUT2D eigenvalue weighted by molar-refractivity contribution is 0.606. The van der Waals surface area contributed by atoms with Crippen molar-refractivity contribution < 1.29 is 0 Å². The molecule has 0 amide bonds. The Balaban J connectivity index is 2.32. The molecule has 4 nitrogen and oxygen atoms in total. The quantitative estimate of drug-likeness (QED) is 0.839. The van der Waals surface area contributed by atoms with Crippen LogP contribution in [0.1, 0.15) is 37.9 Å². The molecule has 2 rings (SSSR count). The van der Waals surface area contributed by atoms with Crippen molar-refractivity contribution in [3.05, 3.63) is 11.3 Å². The van der Waals surface area contributed by atoms with Gasteiger partial charge in [-0.15, -0.1) is 0 Å². The van der Waals surface area contributed by atoms with Crippen LogP contribution < -0.4 is 10.2 Å². The van der Waals surface area contributed by atoms with Gasteiger partial charge in [0.15, 0.2) is 0 Å². The molecule has 0 bridgehead atoms. The van der Waals surface area contributed by atoms with E-state index in [0.717, 1.165) is 18.2 Å². The molecule has 0 radical (unpaired) electrons. The minimum absolute atomic E-state index is 0.524. The van der Waals surface area contributed by atoms with Crippen molar-refractivity contribution in [3.8, 4) is 0 Å². The maximum absolute atomic E-state index is 4.60. The molecule has 0 spiro atoms. The van der Waals surface area contributed by atoms with Crippen molar-refractivity contribution in [3.63, 3.8) is 0 Å². The van der Waals surface area contributed by atoms with Crippen LogP contribution >= 0.6 is 0 Å². The SMILES string of the molecule is CNCc1c(C)nn(C)c1N(CC1CC1)C(C)C. The molecule has 1 fully saturated rings. The lowest BCUT2D eigenvalue weighted by Gasteiger charge is -2.30. The summed E-state index contributed by atoms with van der Waals surface area (Å²) in [5, 5.41) is 7.86. The summed E-state index contributed by atoms with van der Waals surface area (Å²) in [6.45, 7) is 8.71. The Hall–Kier alpha value is -1.03. The van der Waals surface area contributed by atoms with E-state index in [1.807, 2.05) is 11.7 Å². The van der Waals surface area contributed by atoms with E-state index < -0.39 is 0 Å². The molecule has 0 unspecified atom stereocenters. The fourth-order valence-corrected chi connectivity index (χ4v) is 2.55. The summed E-state index contributed by atoms with van der Waals surface area (Å²) in [6.07, 6.45) is 2.78. The van der Waals surface area contributed by atoms with Crippen LogP contribution in [0.2, 0.25) is 0 Å². The average Bonchev–Trinajstić information content (AvgIpc) is 3.06. The first-order valence-corrected chi connectivity index (χ1v) is 6.98. The molecule has 1 heterocycles. The number of aromatic nitrogens is 2. The lowest BCUT2D eigenvalue weighted by atomic mass is 10.2. The third-order valence-electron chi connectivity index (χ3n) is 3.71. The zero-order chi connectivity index (χ0) is 13.3. The van der Waals surface area contributed by atoms with Crippen LogP contribution in [-0.2, 0) is 13.6 Å². The van der Waals surface area contributed by atoms with Crippen molar-refractivity contribution in [2.75, 3.05) is 18.5 Å². The van der Waals surface area contributed by atoms with Gasteiger partial charge in [-0.3, -0.25) is 4.68 Å². The molecule has 1 aromatic rings. The maximum atomic E-state index is 4.60. The van der Waals surface area contributed by atoms with Gasteiger partial charge < -0.3 is 10.2 Å². The van der Waals surface area contributed by atoms with Gasteiger partial charge >= 0.3 is 0 Å². The van der Waals surface area contributed by atoms with E-state index in [1.54, 1.807) is 0 Å². The second kappa shape index (κ2) is 5.31. The zero-order valence-corrected chi connectivity index (χ0v) is 12.3. The highest BCUT2D eigenvalue weighted by molar-refractivity contribution is 5.51. The van der Waals surface area contributed by atoms with Crippen LogP contribution in [0.15, 0.2) is 0 Å². The average molecular weight is 250 g/mol. The molecule has 0 aliphatic heterocycles. The summed E-state index contributed by atoms with van der Waals surface area (Å²) in [5.74, 6) is 2.19. The normalized spacial score (nSPS) is 15.4. The van der Waals surface area contributed by atoms with Crippen LogP contribution in [0.3, 0.4) is 0 Å². The van der Waals surface area contributed by atoms with Gasteiger partial charge in [-0.1, -0.05) is 0 Å². The molecule has 0 saturated heterocycles. The third kappa shape index (κ3) is 2.69. The Bertz CT molecular complexity index is 404. The van der Waals surface area contributed by atoms with Gasteiger partial charge in [0.25, 0.3) is 0 Å². The Morgan fingerprint density at radius 3 is 2.61 bits per heavy atom. The van der Waals surface area contributed by atoms with Crippen LogP contribution in [0, 0.1) is 12.8 Å². The molecule has 1 aromatic heterocycles. The minimum Gasteiger partial charge on any atom is -0.354 e. The zero-order valence-electron chi connectivity index (χ0n) is 12.3. The predicted octanol–water partition coefficient (Wildman–Crippen LogP) is 2.07. The van der Waals surface area contributed by atoms with Gasteiger partial charge in [-0.2, -0.15) is 5.10 Å². The first-order valence-electron chi connectivity index (χ1n) is 6.98. The highest BCUT2D eigenvalue weighted by atomic mass is 15.4. The van der Waals surface area contributed by atoms with E-state index in [9.17, 15) is 0 Å². The van der Waals surface area contributed by atoms with Crippen molar-refractivity contribution in [2.24, 2.45) is 13.0 Å². The van der Waals surface area contributed by atoms with Gasteiger partial charge in [0.2, 0.25) is 0 Å². The number of rotatable bonds is 6. The van der Waals surface area contributed by atoms with Crippen molar-refractivity contribution in [1.82, 2.24) is 15.1 Å². The number of nitrogens with one attached hydrogen (secondary N) is 1. The first kappa shape index (κ1) is 13.4. The summed E-state index contributed by atoms with van der Waals surface area (Å²) < 4.78 is 2.05. The van der Waals surface area contributed by atoms with Crippen molar-refractivity contribution >= 4 is 5.82 Å². The van der Waals surface area contributed by atoms with Gasteiger partial charge in [0, 0.05) is 31.7 Å². The smallest absolute Gasteiger partial charge is 0.131 e.